The summed E-state index contributed by atoms with van der Waals surface area (Å²) in [6.45, 7) is 6.18. The van der Waals surface area contributed by atoms with Gasteiger partial charge in [-0.15, -0.1) is 0 Å². The summed E-state index contributed by atoms with van der Waals surface area (Å²) in [4.78, 5) is 16.7. The van der Waals surface area contributed by atoms with Crippen LogP contribution in [0.25, 0.3) is 0 Å². The minimum absolute atomic E-state index is 0.225. The van der Waals surface area contributed by atoms with E-state index in [4.69, 9.17) is 11.6 Å². The number of alkyl halides is 3. The van der Waals surface area contributed by atoms with Crippen molar-refractivity contribution in [2.75, 3.05) is 26.2 Å². The van der Waals surface area contributed by atoms with Crippen molar-refractivity contribution in [2.24, 2.45) is 0 Å². The number of halogens is 4. The van der Waals surface area contributed by atoms with Crippen molar-refractivity contribution < 1.29 is 18.0 Å². The maximum Gasteiger partial charge on any atom is 0.435 e. The minimum Gasteiger partial charge on any atom is -0.338 e. The molecule has 0 spiro atoms. The number of carbonyl (C=O) groups is 1. The predicted octanol–water partition coefficient (Wildman–Crippen LogP) is 3.77. The van der Waals surface area contributed by atoms with E-state index in [9.17, 15) is 18.0 Å². The Labute approximate surface area is 166 Å². The van der Waals surface area contributed by atoms with Crippen molar-refractivity contribution >= 4 is 17.5 Å². The first-order chi connectivity index (χ1) is 13.2. The van der Waals surface area contributed by atoms with Crippen LogP contribution in [-0.2, 0) is 17.5 Å². The molecule has 2 aromatic rings. The largest absolute Gasteiger partial charge is 0.435 e. The maximum absolute atomic E-state index is 12.9. The lowest BCUT2D eigenvalue weighted by molar-refractivity contribution is -0.143. The van der Waals surface area contributed by atoms with Gasteiger partial charge in [-0.05, 0) is 31.5 Å². The van der Waals surface area contributed by atoms with E-state index < -0.39 is 17.9 Å². The molecule has 1 atom stereocenters. The average molecular weight is 415 g/mol. The normalized spacial score (nSPS) is 17.0. The highest BCUT2D eigenvalue weighted by molar-refractivity contribution is 6.31. The molecule has 0 aliphatic carbocycles. The molecule has 1 amide bonds. The summed E-state index contributed by atoms with van der Waals surface area (Å²) < 4.78 is 39.7. The molecular weight excluding hydrogens is 393 g/mol. The molecule has 28 heavy (non-hydrogen) atoms. The first-order valence-electron chi connectivity index (χ1n) is 9.04. The number of piperazine rings is 1. The topological polar surface area (TPSA) is 41.4 Å². The molecule has 3 rings (SSSR count). The van der Waals surface area contributed by atoms with Crippen molar-refractivity contribution in [2.45, 2.75) is 32.6 Å². The molecule has 1 unspecified atom stereocenters. The van der Waals surface area contributed by atoms with Gasteiger partial charge in [0.15, 0.2) is 5.69 Å². The molecule has 152 valence electrons. The van der Waals surface area contributed by atoms with E-state index in [-0.39, 0.29) is 5.91 Å². The highest BCUT2D eigenvalue weighted by Crippen LogP contribution is 2.29. The van der Waals surface area contributed by atoms with Crippen LogP contribution < -0.4 is 0 Å². The Kier molecular flexibility index (Phi) is 6.00. The van der Waals surface area contributed by atoms with Crippen LogP contribution in [0.1, 0.15) is 29.9 Å². The number of aromatic nitrogens is 2. The second-order valence-electron chi connectivity index (χ2n) is 6.98. The van der Waals surface area contributed by atoms with Gasteiger partial charge in [0.25, 0.3) is 0 Å². The first kappa shape index (κ1) is 20.7. The van der Waals surface area contributed by atoms with Crippen LogP contribution in [0.5, 0.6) is 0 Å². The molecule has 1 aliphatic heterocycles. The molecule has 9 heteroatoms. The Balaban J connectivity index is 1.60. The maximum atomic E-state index is 12.9. The molecule has 1 aromatic carbocycles. The van der Waals surface area contributed by atoms with Gasteiger partial charge in [-0.2, -0.15) is 18.3 Å². The molecule has 5 nitrogen and oxygen atoms in total. The lowest BCUT2D eigenvalue weighted by Crippen LogP contribution is -2.50. The second-order valence-corrected chi connectivity index (χ2v) is 7.39. The number of aryl methyl sites for hydroxylation is 1. The van der Waals surface area contributed by atoms with E-state index in [0.29, 0.717) is 43.4 Å². The number of amides is 1. The highest BCUT2D eigenvalue weighted by Gasteiger charge is 2.36. The number of hydrogen-bond acceptors (Lipinski definition) is 3. The fourth-order valence-corrected chi connectivity index (χ4v) is 3.58. The van der Waals surface area contributed by atoms with Gasteiger partial charge < -0.3 is 4.90 Å². The van der Waals surface area contributed by atoms with Crippen molar-refractivity contribution in [1.82, 2.24) is 19.6 Å². The van der Waals surface area contributed by atoms with E-state index in [2.05, 4.69) is 10.00 Å². The minimum atomic E-state index is -4.52. The van der Waals surface area contributed by atoms with Crippen LogP contribution in [0.4, 0.5) is 13.2 Å². The zero-order valence-electron chi connectivity index (χ0n) is 15.7. The number of carbonyl (C=O) groups excluding carboxylic acids is 1. The molecular formula is C19H22ClF3N4O. The van der Waals surface area contributed by atoms with E-state index in [1.165, 1.54) is 6.92 Å². The number of benzene rings is 1. The molecule has 1 fully saturated rings. The molecule has 0 N–H and O–H groups in total. The third-order valence-corrected chi connectivity index (χ3v) is 5.34. The Morgan fingerprint density at radius 3 is 2.43 bits per heavy atom. The number of rotatable bonds is 4. The summed E-state index contributed by atoms with van der Waals surface area (Å²) in [5.74, 6) is -0.225. The Bertz CT molecular complexity index is 844. The standard InChI is InChI=1S/C19H22ClF3N4O/c1-13-11-17(19(21,22)23)24-27(13)14(2)18(28)26-9-7-25(8-10-26)12-15-5-3-4-6-16(15)20/h3-6,11,14H,7-10,12H2,1-2H3. The van der Waals surface area contributed by atoms with E-state index in [1.807, 2.05) is 24.3 Å². The summed E-state index contributed by atoms with van der Waals surface area (Å²) in [6, 6.07) is 7.81. The zero-order valence-corrected chi connectivity index (χ0v) is 16.5. The summed E-state index contributed by atoms with van der Waals surface area (Å²) in [7, 11) is 0. The smallest absolute Gasteiger partial charge is 0.338 e. The summed E-state index contributed by atoms with van der Waals surface area (Å²) in [6.07, 6.45) is -4.52. The SMILES string of the molecule is Cc1cc(C(F)(F)F)nn1C(C)C(=O)N1CCN(Cc2ccccc2Cl)CC1. The Morgan fingerprint density at radius 2 is 1.86 bits per heavy atom. The van der Waals surface area contributed by atoms with Crippen molar-refractivity contribution in [3.63, 3.8) is 0 Å². The quantitative estimate of drug-likeness (QED) is 0.764. The van der Waals surface area contributed by atoms with Crippen molar-refractivity contribution in [3.05, 3.63) is 52.3 Å². The molecule has 0 radical (unpaired) electrons. The fourth-order valence-electron chi connectivity index (χ4n) is 3.38. The van der Waals surface area contributed by atoms with Gasteiger partial charge in [-0.25, -0.2) is 0 Å². The zero-order chi connectivity index (χ0) is 20.5. The molecule has 0 saturated carbocycles. The summed E-state index contributed by atoms with van der Waals surface area (Å²) >= 11 is 6.20. The van der Waals surface area contributed by atoms with Crippen LogP contribution in [0.15, 0.2) is 30.3 Å². The van der Waals surface area contributed by atoms with Gasteiger partial charge >= 0.3 is 6.18 Å². The van der Waals surface area contributed by atoms with Gasteiger partial charge in [0.1, 0.15) is 6.04 Å². The predicted molar refractivity (Wildman–Crippen MR) is 100.0 cm³/mol. The number of nitrogens with zero attached hydrogens (tertiary/aromatic N) is 4. The monoisotopic (exact) mass is 414 g/mol. The lowest BCUT2D eigenvalue weighted by Gasteiger charge is -2.36. The molecule has 1 aliphatic rings. The van der Waals surface area contributed by atoms with Gasteiger partial charge in [-0.3, -0.25) is 14.4 Å². The molecule has 0 bridgehead atoms. The highest BCUT2D eigenvalue weighted by atomic mass is 35.5. The summed E-state index contributed by atoms with van der Waals surface area (Å²) in [5.41, 5.74) is 0.365. The van der Waals surface area contributed by atoms with Gasteiger partial charge in [0.2, 0.25) is 5.91 Å². The van der Waals surface area contributed by atoms with Crippen molar-refractivity contribution in [3.8, 4) is 0 Å². The van der Waals surface area contributed by atoms with Crippen LogP contribution in [0.2, 0.25) is 5.02 Å². The molecule has 2 heterocycles. The summed E-state index contributed by atoms with van der Waals surface area (Å²) in [5, 5.41) is 4.31. The van der Waals surface area contributed by atoms with Crippen LogP contribution >= 0.6 is 11.6 Å². The molecule has 1 saturated heterocycles. The average Bonchev–Trinajstić information content (AvgIpc) is 3.05. The van der Waals surface area contributed by atoms with E-state index in [0.717, 1.165) is 16.3 Å². The third-order valence-electron chi connectivity index (χ3n) is 4.97. The third kappa shape index (κ3) is 4.50. The number of hydrogen-bond donors (Lipinski definition) is 0. The van der Waals surface area contributed by atoms with Crippen LogP contribution in [-0.4, -0.2) is 51.7 Å². The first-order valence-corrected chi connectivity index (χ1v) is 9.42. The fraction of sp³-hybridized carbons (Fsp3) is 0.474. The van der Waals surface area contributed by atoms with Gasteiger partial charge in [0.05, 0.1) is 0 Å². The molecule has 1 aromatic heterocycles. The second kappa shape index (κ2) is 8.13. The Morgan fingerprint density at radius 1 is 1.21 bits per heavy atom. The van der Waals surface area contributed by atoms with Crippen molar-refractivity contribution in [1.29, 1.82) is 0 Å². The van der Waals surface area contributed by atoms with E-state index in [1.54, 1.807) is 11.8 Å². The van der Waals surface area contributed by atoms with Gasteiger partial charge in [-0.1, -0.05) is 29.8 Å². The van der Waals surface area contributed by atoms with Crippen LogP contribution in [0.3, 0.4) is 0 Å². The van der Waals surface area contributed by atoms with E-state index >= 15 is 0 Å². The lowest BCUT2D eigenvalue weighted by atomic mass is 10.2. The van der Waals surface area contributed by atoms with Crippen LogP contribution in [0, 0.1) is 6.92 Å². The van der Waals surface area contributed by atoms with Gasteiger partial charge in [0, 0.05) is 43.4 Å². The Hall–Kier alpha value is -2.06.